The van der Waals surface area contributed by atoms with Crippen molar-refractivity contribution in [2.24, 2.45) is 0 Å². The number of fused-ring (bicyclic) bond motifs is 9. The first-order chi connectivity index (χ1) is 26.7. The van der Waals surface area contributed by atoms with Gasteiger partial charge in [0.1, 0.15) is 0 Å². The number of nitrogens with zero attached hydrogens (tertiary/aromatic N) is 6. The van der Waals surface area contributed by atoms with E-state index in [0.717, 1.165) is 43.1 Å². The van der Waals surface area contributed by atoms with E-state index < -0.39 is 55.0 Å². The molecule has 3 aliphatic heterocycles. The van der Waals surface area contributed by atoms with Crippen molar-refractivity contribution in [1.29, 1.82) is 0 Å². The maximum atomic E-state index is 6.93. The Hall–Kier alpha value is -4.37. The van der Waals surface area contributed by atoms with Crippen molar-refractivity contribution < 1.29 is 27.9 Å². The fourth-order valence-electron chi connectivity index (χ4n) is 8.11. The molecule has 15 heteroatoms. The summed E-state index contributed by atoms with van der Waals surface area (Å²) in [5, 5.41) is 19.8. The smallest absolute Gasteiger partial charge is 0.399 e. The molecule has 0 bridgehead atoms. The van der Waals surface area contributed by atoms with Gasteiger partial charge in [-0.3, -0.25) is 0 Å². The molecule has 288 valence electrons. The Morgan fingerprint density at radius 1 is 0.439 bits per heavy atom. The molecule has 3 aromatic carbocycles. The van der Waals surface area contributed by atoms with Crippen LogP contribution in [0.3, 0.4) is 0 Å². The lowest BCUT2D eigenvalue weighted by Crippen LogP contribution is -2.63. The minimum Gasteiger partial charge on any atom is -0.399 e. The third-order valence-electron chi connectivity index (χ3n) is 13.6. The Kier molecular flexibility index (Phi) is 7.55. The number of benzene rings is 3. The molecule has 0 amide bonds. The molecular formula is C42H45B3N6O6. The Balaban J connectivity index is 1.37. The molecule has 7 heterocycles. The second-order valence-electron chi connectivity index (χ2n) is 18.8. The van der Waals surface area contributed by atoms with Gasteiger partial charge in [0, 0.05) is 27.0 Å². The van der Waals surface area contributed by atoms with Gasteiger partial charge in [0.25, 0.3) is 0 Å². The fourth-order valence-corrected chi connectivity index (χ4v) is 8.11. The summed E-state index contributed by atoms with van der Waals surface area (Å²) in [4.78, 5) is 15.9. The van der Waals surface area contributed by atoms with E-state index in [2.05, 4.69) is 63.9 Å². The van der Waals surface area contributed by atoms with Crippen LogP contribution in [0.2, 0.25) is 0 Å². The standard InChI is InChI=1S/C42H45B3N6O6/c1-37(2)38(3,4)53-43(52-37)30-29-20-28-26-18-23-16-14-13-15-22(23)17-25(26)27-19-24-21-46-51-50-35(24)47-32(27)33(28)48-36(29)49-34(45-56-41(9,10)42(11,12)57-45)31(30)44-54-39(5,6)40(7,8)55-44/h13-21H,1-12H3. The average Bonchev–Trinajstić information content (AvgIpc) is 3.60. The van der Waals surface area contributed by atoms with Crippen LogP contribution in [0, 0.1) is 0 Å². The van der Waals surface area contributed by atoms with Crippen LogP contribution < -0.4 is 16.5 Å². The van der Waals surface area contributed by atoms with Crippen LogP contribution in [0.1, 0.15) is 83.1 Å². The first-order valence-corrected chi connectivity index (χ1v) is 19.7. The molecule has 0 atom stereocenters. The van der Waals surface area contributed by atoms with Gasteiger partial charge in [0.05, 0.1) is 56.4 Å². The Labute approximate surface area is 332 Å². The van der Waals surface area contributed by atoms with Gasteiger partial charge in [-0.25, -0.2) is 15.0 Å². The summed E-state index contributed by atoms with van der Waals surface area (Å²) in [5.74, 6) is 0. The van der Waals surface area contributed by atoms with Gasteiger partial charge in [-0.2, -0.15) is 0 Å². The molecule has 3 fully saturated rings. The monoisotopic (exact) mass is 762 g/mol. The third kappa shape index (κ3) is 5.32. The van der Waals surface area contributed by atoms with Gasteiger partial charge in [0.2, 0.25) is 0 Å². The van der Waals surface area contributed by atoms with E-state index in [1.54, 1.807) is 6.20 Å². The van der Waals surface area contributed by atoms with E-state index in [0.29, 0.717) is 38.8 Å². The van der Waals surface area contributed by atoms with Crippen LogP contribution in [0.4, 0.5) is 0 Å². The number of rotatable bonds is 3. The highest BCUT2D eigenvalue weighted by atomic mass is 16.7. The van der Waals surface area contributed by atoms with Crippen LogP contribution in [0.5, 0.6) is 0 Å². The molecule has 10 rings (SSSR count). The van der Waals surface area contributed by atoms with E-state index in [-0.39, 0.29) is 0 Å². The number of hydrogen-bond donors (Lipinski definition) is 0. The normalized spacial score (nSPS) is 22.0. The Morgan fingerprint density at radius 3 is 1.40 bits per heavy atom. The van der Waals surface area contributed by atoms with Crippen LogP contribution in [-0.2, 0) is 27.9 Å². The molecule has 0 radical (unpaired) electrons. The van der Waals surface area contributed by atoms with Crippen molar-refractivity contribution in [3.63, 3.8) is 0 Å². The summed E-state index contributed by atoms with van der Waals surface area (Å²) in [7, 11) is -2.62. The molecular weight excluding hydrogens is 717 g/mol. The van der Waals surface area contributed by atoms with E-state index >= 15 is 0 Å². The van der Waals surface area contributed by atoms with Crippen molar-refractivity contribution >= 4 is 103 Å². The van der Waals surface area contributed by atoms with Gasteiger partial charge in [-0.1, -0.05) is 24.3 Å². The van der Waals surface area contributed by atoms with Gasteiger partial charge >= 0.3 is 21.4 Å². The number of aromatic nitrogens is 6. The molecule has 0 aliphatic carbocycles. The lowest BCUT2D eigenvalue weighted by molar-refractivity contribution is 0.00578. The summed E-state index contributed by atoms with van der Waals surface area (Å²) in [5.41, 5.74) is 0.0828. The third-order valence-corrected chi connectivity index (χ3v) is 13.6. The minimum absolute atomic E-state index is 0.446. The first-order valence-electron chi connectivity index (χ1n) is 19.7. The lowest BCUT2D eigenvalue weighted by atomic mass is 9.58. The van der Waals surface area contributed by atoms with E-state index in [1.165, 1.54) is 0 Å². The van der Waals surface area contributed by atoms with Crippen LogP contribution >= 0.6 is 0 Å². The zero-order valence-electron chi connectivity index (χ0n) is 34.6. The lowest BCUT2D eigenvalue weighted by Gasteiger charge is -2.32. The van der Waals surface area contributed by atoms with Crippen molar-refractivity contribution in [1.82, 2.24) is 30.4 Å². The Bertz CT molecular complexity index is 2840. The van der Waals surface area contributed by atoms with Gasteiger partial charge in [0.15, 0.2) is 11.3 Å². The van der Waals surface area contributed by atoms with E-state index in [4.69, 9.17) is 42.9 Å². The minimum atomic E-state index is -0.892. The summed E-state index contributed by atoms with van der Waals surface area (Å²) in [6.45, 7) is 24.5. The summed E-state index contributed by atoms with van der Waals surface area (Å²) in [6, 6.07) is 17.0. The highest BCUT2D eigenvalue weighted by Gasteiger charge is 2.60. The van der Waals surface area contributed by atoms with Crippen molar-refractivity contribution in [3.8, 4) is 0 Å². The second-order valence-corrected chi connectivity index (χ2v) is 18.8. The second kappa shape index (κ2) is 11.6. The predicted molar refractivity (Wildman–Crippen MR) is 225 cm³/mol. The van der Waals surface area contributed by atoms with Crippen LogP contribution in [0.15, 0.2) is 54.7 Å². The molecule has 3 aliphatic rings. The zero-order valence-corrected chi connectivity index (χ0v) is 34.6. The van der Waals surface area contributed by atoms with Gasteiger partial charge in [-0.05, 0) is 140 Å². The molecule has 57 heavy (non-hydrogen) atoms. The van der Waals surface area contributed by atoms with Crippen LogP contribution in [0.25, 0.3) is 65.4 Å². The molecule has 3 saturated heterocycles. The molecule has 0 unspecified atom stereocenters. The van der Waals surface area contributed by atoms with E-state index in [1.807, 2.05) is 83.1 Å². The number of pyridine rings is 3. The summed E-state index contributed by atoms with van der Waals surface area (Å²) < 4.78 is 41.2. The molecule has 7 aromatic rings. The number of hydrogen-bond acceptors (Lipinski definition) is 12. The average molecular weight is 762 g/mol. The highest BCUT2D eigenvalue weighted by molar-refractivity contribution is 6.82. The molecule has 4 aromatic heterocycles. The zero-order chi connectivity index (χ0) is 40.2. The maximum Gasteiger partial charge on any atom is 0.514 e. The van der Waals surface area contributed by atoms with E-state index in [9.17, 15) is 0 Å². The highest BCUT2D eigenvalue weighted by Crippen LogP contribution is 2.42. The first kappa shape index (κ1) is 36.9. The topological polar surface area (TPSA) is 133 Å². The summed E-state index contributed by atoms with van der Waals surface area (Å²) >= 11 is 0. The molecule has 0 saturated carbocycles. The van der Waals surface area contributed by atoms with Crippen molar-refractivity contribution in [3.05, 3.63) is 54.7 Å². The molecule has 0 spiro atoms. The van der Waals surface area contributed by atoms with Crippen LogP contribution in [-0.4, -0.2) is 85.3 Å². The quantitative estimate of drug-likeness (QED) is 0.121. The predicted octanol–water partition coefficient (Wildman–Crippen LogP) is 5.87. The maximum absolute atomic E-state index is 6.93. The fraction of sp³-hybridized carbons (Fsp3) is 0.429. The Morgan fingerprint density at radius 2 is 0.877 bits per heavy atom. The van der Waals surface area contributed by atoms with Crippen molar-refractivity contribution in [2.45, 2.75) is 117 Å². The molecule has 12 nitrogen and oxygen atoms in total. The summed E-state index contributed by atoms with van der Waals surface area (Å²) in [6.07, 6.45) is 1.69. The molecule has 0 N–H and O–H groups in total. The van der Waals surface area contributed by atoms with Gasteiger partial charge < -0.3 is 27.9 Å². The largest absolute Gasteiger partial charge is 0.514 e. The van der Waals surface area contributed by atoms with Crippen molar-refractivity contribution in [2.75, 3.05) is 0 Å². The van der Waals surface area contributed by atoms with Gasteiger partial charge in [-0.15, -0.1) is 10.2 Å². The SMILES string of the molecule is CC1(C)OB(c2nc3nc4c(cc3c(B3OC(C)(C)C(C)(C)O3)c2B2OC(C)(C)C(C)(C)O2)c2cc3ccccc3cc2c2cc3cnnnc3nc24)OC1(C)C.